The number of hydrogen-bond donors (Lipinski definition) is 0. The van der Waals surface area contributed by atoms with Gasteiger partial charge in [-0.2, -0.15) is 0 Å². The quantitative estimate of drug-likeness (QED) is 0.602. The fourth-order valence-corrected chi connectivity index (χ4v) is 2.31. The Balaban J connectivity index is 1.84. The van der Waals surface area contributed by atoms with Gasteiger partial charge in [0.15, 0.2) is 0 Å². The Bertz CT molecular complexity index is 537. The molecule has 2 aromatic carbocycles. The van der Waals surface area contributed by atoms with Gasteiger partial charge in [-0.05, 0) is 29.8 Å². The minimum absolute atomic E-state index is 0.223. The van der Waals surface area contributed by atoms with Crippen molar-refractivity contribution in [3.05, 3.63) is 60.2 Å². The number of thioether (sulfide) groups is 1. The van der Waals surface area contributed by atoms with E-state index in [4.69, 9.17) is 4.74 Å². The highest BCUT2D eigenvalue weighted by Crippen LogP contribution is 2.22. The van der Waals surface area contributed by atoms with Gasteiger partial charge in [0.05, 0.1) is 12.9 Å². The van der Waals surface area contributed by atoms with Gasteiger partial charge in [-0.1, -0.05) is 30.3 Å². The molecule has 0 aliphatic heterocycles. The largest absolute Gasteiger partial charge is 0.489 e. The molecule has 0 saturated carbocycles. The Morgan fingerprint density at radius 2 is 1.75 bits per heavy atom. The molecular formula is C16H16O3S. The molecule has 2 aromatic rings. The number of benzene rings is 2. The van der Waals surface area contributed by atoms with Crippen LogP contribution < -0.4 is 4.74 Å². The number of carbonyl (C=O) groups excluding carboxylic acids is 1. The van der Waals surface area contributed by atoms with Crippen molar-refractivity contribution in [3.63, 3.8) is 0 Å². The van der Waals surface area contributed by atoms with E-state index in [0.29, 0.717) is 12.4 Å². The summed E-state index contributed by atoms with van der Waals surface area (Å²) in [4.78, 5) is 12.1. The molecule has 0 radical (unpaired) electrons. The molecular weight excluding hydrogens is 272 g/mol. The first-order valence-electron chi connectivity index (χ1n) is 6.24. The molecule has 0 amide bonds. The monoisotopic (exact) mass is 288 g/mol. The average molecular weight is 288 g/mol. The lowest BCUT2D eigenvalue weighted by atomic mass is 10.2. The summed E-state index contributed by atoms with van der Waals surface area (Å²) in [6, 6.07) is 17.7. The second kappa shape index (κ2) is 7.60. The first-order chi connectivity index (χ1) is 9.78. The van der Waals surface area contributed by atoms with Crippen LogP contribution in [0.5, 0.6) is 5.75 Å². The van der Waals surface area contributed by atoms with E-state index in [2.05, 4.69) is 4.74 Å². The maximum absolute atomic E-state index is 11.0. The van der Waals surface area contributed by atoms with Crippen molar-refractivity contribution in [1.29, 1.82) is 0 Å². The molecule has 0 spiro atoms. The van der Waals surface area contributed by atoms with Gasteiger partial charge >= 0.3 is 5.97 Å². The maximum Gasteiger partial charge on any atom is 0.315 e. The standard InChI is InChI=1S/C16H16O3S/c1-18-16(17)12-20-15-9-7-14(8-10-15)19-11-13-5-3-2-4-6-13/h2-10H,11-12H2,1H3. The Morgan fingerprint density at radius 3 is 2.40 bits per heavy atom. The minimum atomic E-state index is -0.223. The van der Waals surface area contributed by atoms with Gasteiger partial charge in [0.2, 0.25) is 0 Å². The van der Waals surface area contributed by atoms with Gasteiger partial charge in [0, 0.05) is 4.90 Å². The summed E-state index contributed by atoms with van der Waals surface area (Å²) in [5.74, 6) is 0.913. The first kappa shape index (κ1) is 14.5. The van der Waals surface area contributed by atoms with Crippen LogP contribution in [0.3, 0.4) is 0 Å². The SMILES string of the molecule is COC(=O)CSc1ccc(OCc2ccccc2)cc1. The minimum Gasteiger partial charge on any atom is -0.489 e. The van der Waals surface area contributed by atoms with Crippen molar-refractivity contribution < 1.29 is 14.3 Å². The van der Waals surface area contributed by atoms with Gasteiger partial charge in [-0.3, -0.25) is 4.79 Å². The first-order valence-corrected chi connectivity index (χ1v) is 7.23. The lowest BCUT2D eigenvalue weighted by Gasteiger charge is -2.07. The third-order valence-corrected chi connectivity index (χ3v) is 3.64. The summed E-state index contributed by atoms with van der Waals surface area (Å²) < 4.78 is 10.3. The summed E-state index contributed by atoms with van der Waals surface area (Å²) >= 11 is 1.45. The predicted octanol–water partition coefficient (Wildman–Crippen LogP) is 3.53. The van der Waals surface area contributed by atoms with E-state index in [0.717, 1.165) is 16.2 Å². The molecule has 104 valence electrons. The number of hydrogen-bond acceptors (Lipinski definition) is 4. The van der Waals surface area contributed by atoms with Crippen molar-refractivity contribution in [2.24, 2.45) is 0 Å². The van der Waals surface area contributed by atoms with E-state index >= 15 is 0 Å². The fraction of sp³-hybridized carbons (Fsp3) is 0.188. The number of rotatable bonds is 6. The molecule has 0 bridgehead atoms. The third-order valence-electron chi connectivity index (χ3n) is 2.66. The fourth-order valence-electron chi connectivity index (χ4n) is 1.57. The van der Waals surface area contributed by atoms with Gasteiger partial charge in [-0.15, -0.1) is 11.8 Å². The zero-order chi connectivity index (χ0) is 14.2. The second-order valence-electron chi connectivity index (χ2n) is 4.11. The molecule has 0 saturated heterocycles. The Morgan fingerprint density at radius 1 is 1.05 bits per heavy atom. The molecule has 0 aliphatic rings. The molecule has 0 unspecified atom stereocenters. The Labute approximate surface area is 122 Å². The van der Waals surface area contributed by atoms with E-state index in [1.807, 2.05) is 54.6 Å². The van der Waals surface area contributed by atoms with Gasteiger partial charge in [0.1, 0.15) is 12.4 Å². The van der Waals surface area contributed by atoms with E-state index in [-0.39, 0.29) is 5.97 Å². The van der Waals surface area contributed by atoms with E-state index < -0.39 is 0 Å². The second-order valence-corrected chi connectivity index (χ2v) is 5.16. The van der Waals surface area contributed by atoms with E-state index in [1.165, 1.54) is 18.9 Å². The van der Waals surface area contributed by atoms with Gasteiger partial charge < -0.3 is 9.47 Å². The smallest absolute Gasteiger partial charge is 0.315 e. The maximum atomic E-state index is 11.0. The molecule has 20 heavy (non-hydrogen) atoms. The Hall–Kier alpha value is -1.94. The van der Waals surface area contributed by atoms with Crippen molar-refractivity contribution in [3.8, 4) is 5.75 Å². The van der Waals surface area contributed by atoms with E-state index in [1.54, 1.807) is 0 Å². The van der Waals surface area contributed by atoms with Crippen LogP contribution in [0.2, 0.25) is 0 Å². The third kappa shape index (κ3) is 4.63. The van der Waals surface area contributed by atoms with Crippen LogP contribution in [0.25, 0.3) is 0 Å². The van der Waals surface area contributed by atoms with Crippen LogP contribution in [-0.2, 0) is 16.1 Å². The van der Waals surface area contributed by atoms with Crippen LogP contribution in [0.15, 0.2) is 59.5 Å². The molecule has 0 fully saturated rings. The zero-order valence-electron chi connectivity index (χ0n) is 11.2. The number of ether oxygens (including phenoxy) is 2. The highest BCUT2D eigenvalue weighted by atomic mass is 32.2. The molecule has 4 heteroatoms. The summed E-state index contributed by atoms with van der Waals surface area (Å²) in [5.41, 5.74) is 1.14. The molecule has 3 nitrogen and oxygen atoms in total. The van der Waals surface area contributed by atoms with Crippen molar-refractivity contribution in [2.45, 2.75) is 11.5 Å². The van der Waals surface area contributed by atoms with E-state index in [9.17, 15) is 4.79 Å². The normalized spacial score (nSPS) is 10.1. The lowest BCUT2D eigenvalue weighted by molar-refractivity contribution is -0.137. The molecule has 0 aromatic heterocycles. The zero-order valence-corrected chi connectivity index (χ0v) is 12.1. The van der Waals surface area contributed by atoms with Crippen LogP contribution in [0.4, 0.5) is 0 Å². The molecule has 0 heterocycles. The molecule has 0 aliphatic carbocycles. The van der Waals surface area contributed by atoms with Gasteiger partial charge in [0.25, 0.3) is 0 Å². The number of carbonyl (C=O) groups is 1. The highest BCUT2D eigenvalue weighted by molar-refractivity contribution is 8.00. The van der Waals surface area contributed by atoms with Crippen LogP contribution in [0, 0.1) is 0 Å². The number of esters is 1. The van der Waals surface area contributed by atoms with Crippen molar-refractivity contribution >= 4 is 17.7 Å². The summed E-state index contributed by atoms with van der Waals surface area (Å²) in [5, 5.41) is 0. The highest BCUT2D eigenvalue weighted by Gasteiger charge is 2.02. The van der Waals surface area contributed by atoms with Crippen LogP contribution in [-0.4, -0.2) is 18.8 Å². The van der Waals surface area contributed by atoms with Crippen LogP contribution >= 0.6 is 11.8 Å². The summed E-state index contributed by atoms with van der Waals surface area (Å²) in [7, 11) is 1.39. The molecule has 0 N–H and O–H groups in total. The molecule has 2 rings (SSSR count). The summed E-state index contributed by atoms with van der Waals surface area (Å²) in [6.07, 6.45) is 0. The topological polar surface area (TPSA) is 35.5 Å². The molecule has 0 atom stereocenters. The summed E-state index contributed by atoms with van der Waals surface area (Å²) in [6.45, 7) is 0.551. The van der Waals surface area contributed by atoms with Gasteiger partial charge in [-0.25, -0.2) is 0 Å². The van der Waals surface area contributed by atoms with Crippen molar-refractivity contribution in [1.82, 2.24) is 0 Å². The predicted molar refractivity (Wildman–Crippen MR) is 80.0 cm³/mol. The van der Waals surface area contributed by atoms with Crippen molar-refractivity contribution in [2.75, 3.05) is 12.9 Å². The van der Waals surface area contributed by atoms with Crippen LogP contribution in [0.1, 0.15) is 5.56 Å². The Kier molecular flexibility index (Phi) is 5.50. The average Bonchev–Trinajstić information content (AvgIpc) is 2.52. The number of methoxy groups -OCH3 is 1. The lowest BCUT2D eigenvalue weighted by Crippen LogP contribution is -2.02.